The predicted octanol–water partition coefficient (Wildman–Crippen LogP) is 3.25. The minimum absolute atomic E-state index is 0.385. The van der Waals surface area contributed by atoms with Gasteiger partial charge in [-0.2, -0.15) is 0 Å². The van der Waals surface area contributed by atoms with Crippen LogP contribution in [0.25, 0.3) is 0 Å². The van der Waals surface area contributed by atoms with Gasteiger partial charge in [-0.25, -0.2) is 0 Å². The Morgan fingerprint density at radius 3 is 2.33 bits per heavy atom. The molecule has 0 spiro atoms. The van der Waals surface area contributed by atoms with Gasteiger partial charge in [0.2, 0.25) is 0 Å². The van der Waals surface area contributed by atoms with Crippen LogP contribution in [0, 0.1) is 0 Å². The third-order valence-corrected chi connectivity index (χ3v) is 5.19. The number of piperazine rings is 1. The first-order chi connectivity index (χ1) is 13.2. The zero-order valence-electron chi connectivity index (χ0n) is 16.3. The van der Waals surface area contributed by atoms with E-state index in [2.05, 4.69) is 58.4 Å². The summed E-state index contributed by atoms with van der Waals surface area (Å²) in [4.78, 5) is 5.05. The van der Waals surface area contributed by atoms with Crippen molar-refractivity contribution in [1.82, 2.24) is 15.1 Å². The monoisotopic (exact) mass is 365 g/mol. The number of phenols is 1. The molecular weight excluding hydrogens is 334 g/mol. The summed E-state index contributed by atoms with van der Waals surface area (Å²) in [5.74, 6) is 0.385. The molecule has 0 saturated carbocycles. The number of hydrogen-bond acceptors (Lipinski definition) is 4. The molecule has 0 unspecified atom stereocenters. The van der Waals surface area contributed by atoms with Crippen LogP contribution < -0.4 is 5.32 Å². The Bertz CT molecular complexity index is 721. The van der Waals surface area contributed by atoms with Crippen molar-refractivity contribution in [1.29, 1.82) is 0 Å². The van der Waals surface area contributed by atoms with Crippen molar-refractivity contribution < 1.29 is 5.11 Å². The van der Waals surface area contributed by atoms with Gasteiger partial charge in [-0.05, 0) is 30.5 Å². The van der Waals surface area contributed by atoms with E-state index in [0.29, 0.717) is 5.75 Å². The van der Waals surface area contributed by atoms with Crippen molar-refractivity contribution in [2.24, 2.45) is 0 Å². The molecule has 3 rings (SSSR count). The van der Waals surface area contributed by atoms with Crippen molar-refractivity contribution >= 4 is 0 Å². The zero-order valence-corrected chi connectivity index (χ0v) is 16.3. The molecule has 4 nitrogen and oxygen atoms in total. The van der Waals surface area contributed by atoms with Gasteiger partial charge >= 0.3 is 0 Å². The second-order valence-electron chi connectivity index (χ2n) is 7.16. The van der Waals surface area contributed by atoms with Gasteiger partial charge in [-0.15, -0.1) is 0 Å². The highest BCUT2D eigenvalue weighted by molar-refractivity contribution is 5.32. The summed E-state index contributed by atoms with van der Waals surface area (Å²) in [6.45, 7) is 9.38. The summed E-state index contributed by atoms with van der Waals surface area (Å²) in [6.07, 6.45) is 3.00. The zero-order chi connectivity index (χ0) is 18.9. The van der Waals surface area contributed by atoms with E-state index in [0.717, 1.165) is 57.8 Å². The molecule has 0 atom stereocenters. The molecule has 1 fully saturated rings. The summed E-state index contributed by atoms with van der Waals surface area (Å²) >= 11 is 0. The second kappa shape index (κ2) is 10.1. The van der Waals surface area contributed by atoms with Gasteiger partial charge in [0.25, 0.3) is 0 Å². The van der Waals surface area contributed by atoms with Crippen molar-refractivity contribution in [2.75, 3.05) is 39.3 Å². The van der Waals surface area contributed by atoms with Gasteiger partial charge in [0, 0.05) is 51.5 Å². The molecule has 1 aliphatic rings. The Labute approximate surface area is 163 Å². The fraction of sp³-hybridized carbons (Fsp3) is 0.391. The fourth-order valence-electron chi connectivity index (χ4n) is 3.52. The lowest BCUT2D eigenvalue weighted by Crippen LogP contribution is -2.47. The normalized spacial score (nSPS) is 16.4. The molecule has 4 heteroatoms. The topological polar surface area (TPSA) is 38.7 Å². The second-order valence-corrected chi connectivity index (χ2v) is 7.16. The van der Waals surface area contributed by atoms with Crippen LogP contribution in [0.4, 0.5) is 0 Å². The van der Waals surface area contributed by atoms with E-state index in [1.165, 1.54) is 11.3 Å². The number of allylic oxidation sites excluding steroid dienone is 1. The van der Waals surface area contributed by atoms with Gasteiger partial charge in [-0.3, -0.25) is 9.80 Å². The molecule has 1 aliphatic heterocycles. The van der Waals surface area contributed by atoms with E-state index in [1.54, 1.807) is 6.07 Å². The molecule has 1 heterocycles. The molecule has 2 N–H and O–H groups in total. The first-order valence-corrected chi connectivity index (χ1v) is 9.89. The maximum atomic E-state index is 9.87. The van der Waals surface area contributed by atoms with Gasteiger partial charge in [-0.1, -0.05) is 54.6 Å². The van der Waals surface area contributed by atoms with Crippen LogP contribution >= 0.6 is 0 Å². The summed E-state index contributed by atoms with van der Waals surface area (Å²) < 4.78 is 0. The van der Waals surface area contributed by atoms with Gasteiger partial charge in [0.15, 0.2) is 0 Å². The quantitative estimate of drug-likeness (QED) is 0.753. The number of phenolic OH excluding ortho intramolecular Hbond substituents is 1. The molecule has 0 bridgehead atoms. The van der Waals surface area contributed by atoms with Crippen LogP contribution in [0.1, 0.15) is 18.1 Å². The number of benzene rings is 2. The summed E-state index contributed by atoms with van der Waals surface area (Å²) in [5.41, 5.74) is 3.66. The van der Waals surface area contributed by atoms with Gasteiger partial charge < -0.3 is 10.4 Å². The van der Waals surface area contributed by atoms with Crippen LogP contribution in [0.5, 0.6) is 5.75 Å². The van der Waals surface area contributed by atoms with E-state index in [4.69, 9.17) is 0 Å². The average Bonchev–Trinajstić information content (AvgIpc) is 2.71. The summed E-state index contributed by atoms with van der Waals surface area (Å²) in [5, 5.41) is 13.4. The standard InChI is InChI=1S/C23H31N3O/c1-2-22(24-13-12-21-10-6-7-11-23(21)27)19-26-16-14-25(15-17-26)18-20-8-4-3-5-9-20/h2-11,24,27H,12-19H2,1H3/b22-2-. The van der Waals surface area contributed by atoms with Gasteiger partial charge in [0.1, 0.15) is 5.75 Å². The average molecular weight is 366 g/mol. The molecule has 0 radical (unpaired) electrons. The molecule has 0 aliphatic carbocycles. The van der Waals surface area contributed by atoms with E-state index in [9.17, 15) is 5.11 Å². The van der Waals surface area contributed by atoms with E-state index in [1.807, 2.05) is 18.2 Å². The van der Waals surface area contributed by atoms with Gasteiger partial charge in [0.05, 0.1) is 0 Å². The van der Waals surface area contributed by atoms with E-state index in [-0.39, 0.29) is 0 Å². The van der Waals surface area contributed by atoms with Crippen molar-refractivity contribution in [3.05, 3.63) is 77.5 Å². The third-order valence-electron chi connectivity index (χ3n) is 5.19. The molecule has 144 valence electrons. The van der Waals surface area contributed by atoms with Crippen LogP contribution in [0.3, 0.4) is 0 Å². The van der Waals surface area contributed by atoms with E-state index >= 15 is 0 Å². The number of aromatic hydroxyl groups is 1. The van der Waals surface area contributed by atoms with Crippen molar-refractivity contribution in [2.45, 2.75) is 19.9 Å². The molecule has 27 heavy (non-hydrogen) atoms. The number of nitrogens with one attached hydrogen (secondary N) is 1. The Morgan fingerprint density at radius 1 is 0.963 bits per heavy atom. The molecular formula is C23H31N3O. The number of nitrogens with zero attached hydrogens (tertiary/aromatic N) is 2. The van der Waals surface area contributed by atoms with Crippen molar-refractivity contribution in [3.8, 4) is 5.75 Å². The number of hydrogen-bond donors (Lipinski definition) is 2. The number of rotatable bonds is 8. The number of para-hydroxylation sites is 1. The smallest absolute Gasteiger partial charge is 0.118 e. The highest BCUT2D eigenvalue weighted by atomic mass is 16.3. The van der Waals surface area contributed by atoms with Crippen LogP contribution in [0.15, 0.2) is 66.4 Å². The molecule has 0 aromatic heterocycles. The third kappa shape index (κ3) is 6.12. The molecule has 1 saturated heterocycles. The highest BCUT2D eigenvalue weighted by Crippen LogP contribution is 2.15. The van der Waals surface area contributed by atoms with E-state index < -0.39 is 0 Å². The lowest BCUT2D eigenvalue weighted by atomic mass is 10.1. The molecule has 2 aromatic rings. The lowest BCUT2D eigenvalue weighted by molar-refractivity contribution is 0.133. The van der Waals surface area contributed by atoms with Crippen LogP contribution in [-0.2, 0) is 13.0 Å². The minimum Gasteiger partial charge on any atom is -0.508 e. The lowest BCUT2D eigenvalue weighted by Gasteiger charge is -2.35. The Kier molecular flexibility index (Phi) is 7.31. The predicted molar refractivity (Wildman–Crippen MR) is 112 cm³/mol. The fourth-order valence-corrected chi connectivity index (χ4v) is 3.52. The van der Waals surface area contributed by atoms with Crippen LogP contribution in [0.2, 0.25) is 0 Å². The first kappa shape index (κ1) is 19.5. The largest absolute Gasteiger partial charge is 0.508 e. The van der Waals surface area contributed by atoms with Crippen LogP contribution in [-0.4, -0.2) is 54.2 Å². The highest BCUT2D eigenvalue weighted by Gasteiger charge is 2.17. The first-order valence-electron chi connectivity index (χ1n) is 9.89. The Hall–Kier alpha value is -2.30. The summed E-state index contributed by atoms with van der Waals surface area (Å²) in [6, 6.07) is 18.3. The SMILES string of the molecule is C/C=C(/CN1CCN(Cc2ccccc2)CC1)NCCc1ccccc1O. The molecule has 2 aromatic carbocycles. The minimum atomic E-state index is 0.385. The Morgan fingerprint density at radius 2 is 1.63 bits per heavy atom. The maximum Gasteiger partial charge on any atom is 0.118 e. The Balaban J connectivity index is 1.38. The maximum absolute atomic E-state index is 9.87. The molecule has 0 amide bonds. The summed E-state index contributed by atoms with van der Waals surface area (Å²) in [7, 11) is 0. The van der Waals surface area contributed by atoms with Crippen molar-refractivity contribution in [3.63, 3.8) is 0 Å².